The summed E-state index contributed by atoms with van der Waals surface area (Å²) in [5.41, 5.74) is 1.51. The van der Waals surface area contributed by atoms with Gasteiger partial charge in [-0.2, -0.15) is 0 Å². The molecule has 0 spiro atoms. The highest BCUT2D eigenvalue weighted by Crippen LogP contribution is 2.48. The Morgan fingerprint density at radius 1 is 1.19 bits per heavy atom. The van der Waals surface area contributed by atoms with Crippen LogP contribution in [0.2, 0.25) is 0 Å². The molecule has 0 aliphatic heterocycles. The first-order chi connectivity index (χ1) is 12.8. The second-order valence-electron chi connectivity index (χ2n) is 9.24. The fourth-order valence-corrected chi connectivity index (χ4v) is 5.54. The van der Waals surface area contributed by atoms with Crippen LogP contribution >= 0.6 is 0 Å². The second kappa shape index (κ2) is 7.01. The van der Waals surface area contributed by atoms with Crippen LogP contribution in [0, 0.1) is 30.5 Å². The van der Waals surface area contributed by atoms with Crippen molar-refractivity contribution in [2.75, 3.05) is 7.05 Å². The zero-order chi connectivity index (χ0) is 19.2. The molecular formula is C22H30FN3O. The van der Waals surface area contributed by atoms with Gasteiger partial charge in [-0.05, 0) is 76.0 Å². The molecule has 146 valence electrons. The number of hydrogen-bond donors (Lipinski definition) is 0. The Kier molecular flexibility index (Phi) is 4.83. The lowest BCUT2D eigenvalue weighted by molar-refractivity contribution is -0.000391. The number of nitrogens with zero attached hydrogens (tertiary/aromatic N) is 3. The van der Waals surface area contributed by atoms with Gasteiger partial charge in [0, 0.05) is 30.1 Å². The van der Waals surface area contributed by atoms with Crippen LogP contribution < -0.4 is 0 Å². The average Bonchev–Trinajstić information content (AvgIpc) is 3.01. The molecule has 2 atom stereocenters. The van der Waals surface area contributed by atoms with E-state index in [4.69, 9.17) is 4.42 Å². The van der Waals surface area contributed by atoms with Gasteiger partial charge >= 0.3 is 0 Å². The molecule has 2 bridgehead atoms. The average molecular weight is 372 g/mol. The first kappa shape index (κ1) is 18.6. The first-order valence-corrected chi connectivity index (χ1v) is 10.1. The lowest BCUT2D eigenvalue weighted by Crippen LogP contribution is -2.50. The Labute approximate surface area is 161 Å². The lowest BCUT2D eigenvalue weighted by atomic mass is 9.62. The number of halogens is 1. The van der Waals surface area contributed by atoms with Crippen molar-refractivity contribution in [3.63, 3.8) is 0 Å². The van der Waals surface area contributed by atoms with Gasteiger partial charge in [-0.15, -0.1) is 10.2 Å². The summed E-state index contributed by atoms with van der Waals surface area (Å²) in [5.74, 6) is 3.16. The summed E-state index contributed by atoms with van der Waals surface area (Å²) >= 11 is 0. The van der Waals surface area contributed by atoms with Gasteiger partial charge in [-0.1, -0.05) is 13.0 Å². The van der Waals surface area contributed by atoms with Crippen LogP contribution in [0.15, 0.2) is 22.6 Å². The second-order valence-corrected chi connectivity index (χ2v) is 9.24. The first-order valence-electron chi connectivity index (χ1n) is 10.1. The summed E-state index contributed by atoms with van der Waals surface area (Å²) in [4.78, 5) is 2.37. The molecule has 2 aliphatic rings. The minimum Gasteiger partial charge on any atom is -0.421 e. The smallest absolute Gasteiger partial charge is 0.247 e. The Balaban J connectivity index is 1.48. The minimum atomic E-state index is -0.205. The van der Waals surface area contributed by atoms with Crippen molar-refractivity contribution in [3.8, 4) is 11.5 Å². The molecule has 2 fully saturated rings. The molecule has 4 nitrogen and oxygen atoms in total. The molecule has 5 heteroatoms. The fourth-order valence-electron chi connectivity index (χ4n) is 5.54. The quantitative estimate of drug-likeness (QED) is 0.739. The molecule has 0 N–H and O–H groups in total. The van der Waals surface area contributed by atoms with Crippen LogP contribution in [0.25, 0.3) is 11.5 Å². The third-order valence-corrected chi connectivity index (χ3v) is 6.75. The summed E-state index contributed by atoms with van der Waals surface area (Å²) in [5, 5.41) is 7.80. The van der Waals surface area contributed by atoms with Crippen LogP contribution in [0.5, 0.6) is 0 Å². The summed E-state index contributed by atoms with van der Waals surface area (Å²) in [6.45, 7) is 7.13. The van der Waals surface area contributed by atoms with E-state index in [1.165, 1.54) is 38.2 Å². The molecule has 2 aliphatic carbocycles. The summed E-state index contributed by atoms with van der Waals surface area (Å²) in [7, 11) is 2.15. The van der Waals surface area contributed by atoms with Crippen molar-refractivity contribution in [2.24, 2.45) is 17.8 Å². The SMILES string of the molecule is Cc1nnc(-c2ccc(CN(C)C3(C)CC4CC(C)CC(C4)C3)c(F)c2)o1. The largest absolute Gasteiger partial charge is 0.421 e. The van der Waals surface area contributed by atoms with Crippen molar-refractivity contribution in [1.82, 2.24) is 15.1 Å². The molecule has 0 radical (unpaired) electrons. The highest BCUT2D eigenvalue weighted by molar-refractivity contribution is 5.53. The molecule has 1 heterocycles. The molecule has 0 saturated heterocycles. The van der Waals surface area contributed by atoms with Crippen molar-refractivity contribution >= 4 is 0 Å². The molecule has 4 rings (SSSR count). The molecular weight excluding hydrogens is 341 g/mol. The van der Waals surface area contributed by atoms with Crippen molar-refractivity contribution in [3.05, 3.63) is 35.5 Å². The maximum absolute atomic E-state index is 14.8. The van der Waals surface area contributed by atoms with E-state index in [0.717, 1.165) is 23.3 Å². The van der Waals surface area contributed by atoms with Crippen LogP contribution in [0.1, 0.15) is 57.4 Å². The van der Waals surface area contributed by atoms with E-state index in [9.17, 15) is 4.39 Å². The van der Waals surface area contributed by atoms with E-state index in [2.05, 4.69) is 36.0 Å². The maximum atomic E-state index is 14.8. The Hall–Kier alpha value is -1.75. The Bertz CT molecular complexity index is 800. The molecule has 2 aromatic rings. The van der Waals surface area contributed by atoms with Gasteiger partial charge in [0.25, 0.3) is 0 Å². The number of fused-ring (bicyclic) bond motifs is 2. The predicted octanol–water partition coefficient (Wildman–Crippen LogP) is 5.22. The van der Waals surface area contributed by atoms with Gasteiger partial charge in [0.05, 0.1) is 0 Å². The van der Waals surface area contributed by atoms with Crippen LogP contribution in [0.3, 0.4) is 0 Å². The van der Waals surface area contributed by atoms with E-state index in [1.807, 2.05) is 12.1 Å². The highest BCUT2D eigenvalue weighted by Gasteiger charge is 2.43. The molecule has 0 amide bonds. The Morgan fingerprint density at radius 3 is 2.48 bits per heavy atom. The summed E-state index contributed by atoms with van der Waals surface area (Å²) in [6.07, 6.45) is 6.55. The monoisotopic (exact) mass is 371 g/mol. The third kappa shape index (κ3) is 3.79. The zero-order valence-corrected chi connectivity index (χ0v) is 16.8. The van der Waals surface area contributed by atoms with Crippen molar-refractivity contribution in [2.45, 2.75) is 65.0 Å². The minimum absolute atomic E-state index is 0.155. The number of rotatable bonds is 4. The topological polar surface area (TPSA) is 42.2 Å². The van der Waals surface area contributed by atoms with E-state index in [1.54, 1.807) is 6.92 Å². The van der Waals surface area contributed by atoms with Crippen molar-refractivity contribution < 1.29 is 8.81 Å². The molecule has 1 aromatic carbocycles. The van der Waals surface area contributed by atoms with Crippen LogP contribution in [-0.2, 0) is 6.54 Å². The summed E-state index contributed by atoms with van der Waals surface area (Å²) < 4.78 is 20.2. The number of hydrogen-bond acceptors (Lipinski definition) is 4. The zero-order valence-electron chi connectivity index (χ0n) is 16.8. The third-order valence-electron chi connectivity index (χ3n) is 6.75. The van der Waals surface area contributed by atoms with Gasteiger partial charge in [-0.3, -0.25) is 4.90 Å². The number of benzene rings is 1. The van der Waals surface area contributed by atoms with E-state index >= 15 is 0 Å². The van der Waals surface area contributed by atoms with Gasteiger partial charge in [-0.25, -0.2) is 4.39 Å². The van der Waals surface area contributed by atoms with Crippen LogP contribution in [0.4, 0.5) is 4.39 Å². The molecule has 2 saturated carbocycles. The fraction of sp³-hybridized carbons (Fsp3) is 0.636. The number of aromatic nitrogens is 2. The van der Waals surface area contributed by atoms with E-state index < -0.39 is 0 Å². The maximum Gasteiger partial charge on any atom is 0.247 e. The molecule has 27 heavy (non-hydrogen) atoms. The lowest BCUT2D eigenvalue weighted by Gasteiger charge is -2.51. The van der Waals surface area contributed by atoms with Gasteiger partial charge in [0.1, 0.15) is 5.82 Å². The van der Waals surface area contributed by atoms with E-state index in [0.29, 0.717) is 23.9 Å². The molecule has 1 aromatic heterocycles. The normalized spacial score (nSPS) is 30.7. The summed E-state index contributed by atoms with van der Waals surface area (Å²) in [6, 6.07) is 5.24. The predicted molar refractivity (Wildman–Crippen MR) is 104 cm³/mol. The van der Waals surface area contributed by atoms with Gasteiger partial charge in [0.15, 0.2) is 0 Å². The van der Waals surface area contributed by atoms with E-state index in [-0.39, 0.29) is 11.4 Å². The molecule has 2 unspecified atom stereocenters. The van der Waals surface area contributed by atoms with Crippen LogP contribution in [-0.4, -0.2) is 27.7 Å². The van der Waals surface area contributed by atoms with Gasteiger partial charge < -0.3 is 4.42 Å². The van der Waals surface area contributed by atoms with Crippen molar-refractivity contribution in [1.29, 1.82) is 0 Å². The standard InChI is InChI=1S/C22H30FN3O/c1-14-7-16-9-17(8-14)12-22(3,11-16)26(4)13-19-6-5-18(10-20(19)23)21-25-24-15(2)27-21/h5-6,10,14,16-17H,7-9,11-13H2,1-4H3. The highest BCUT2D eigenvalue weighted by atomic mass is 19.1. The van der Waals surface area contributed by atoms with Gasteiger partial charge in [0.2, 0.25) is 11.8 Å². The number of aryl methyl sites for hydroxylation is 1. The Morgan fingerprint density at radius 2 is 1.89 bits per heavy atom.